The monoisotopic (exact) mass is 205 g/mol. The van der Waals surface area contributed by atoms with Crippen molar-refractivity contribution in [1.82, 2.24) is 5.32 Å². The molecule has 0 saturated heterocycles. The van der Waals surface area contributed by atoms with Gasteiger partial charge >= 0.3 is 0 Å². The van der Waals surface area contributed by atoms with Crippen LogP contribution in [0.15, 0.2) is 30.3 Å². The molecule has 1 saturated carbocycles. The van der Waals surface area contributed by atoms with E-state index >= 15 is 0 Å². The summed E-state index contributed by atoms with van der Waals surface area (Å²) in [6.07, 6.45) is 2.84. The summed E-state index contributed by atoms with van der Waals surface area (Å²) in [5, 5.41) is 3.54. The zero-order valence-electron chi connectivity index (χ0n) is 9.28. The van der Waals surface area contributed by atoms with E-state index in [0.29, 0.717) is 12.1 Å². The Morgan fingerprint density at radius 2 is 2.00 bits per heavy atom. The van der Waals surface area contributed by atoms with Crippen LogP contribution < -0.4 is 5.32 Å². The fraction of sp³-hybridized carbons (Fsp3) is 0.538. The smallest absolute Gasteiger partial charge is 0.0604 e. The van der Waals surface area contributed by atoms with Crippen LogP contribution in [0.25, 0.3) is 0 Å². The number of hydrogen-bond donors (Lipinski definition) is 1. The van der Waals surface area contributed by atoms with Crippen molar-refractivity contribution in [1.29, 1.82) is 0 Å². The van der Waals surface area contributed by atoms with Crippen molar-refractivity contribution in [2.75, 3.05) is 6.61 Å². The number of hydrogen-bond acceptors (Lipinski definition) is 2. The van der Waals surface area contributed by atoms with Gasteiger partial charge < -0.3 is 10.1 Å². The molecule has 82 valence electrons. The summed E-state index contributed by atoms with van der Waals surface area (Å²) in [6, 6.07) is 11.2. The first-order valence-electron chi connectivity index (χ1n) is 5.77. The molecule has 1 aliphatic rings. The summed E-state index contributed by atoms with van der Waals surface area (Å²) in [5.74, 6) is 0. The topological polar surface area (TPSA) is 21.3 Å². The highest BCUT2D eigenvalue weighted by molar-refractivity contribution is 5.14. The normalized spacial score (nSPS) is 24.9. The number of ether oxygens (including phenoxy) is 1. The van der Waals surface area contributed by atoms with Crippen molar-refractivity contribution in [2.45, 2.75) is 38.5 Å². The van der Waals surface area contributed by atoms with Crippen molar-refractivity contribution in [3.05, 3.63) is 35.9 Å². The maximum Gasteiger partial charge on any atom is 0.0604 e. The van der Waals surface area contributed by atoms with E-state index in [4.69, 9.17) is 4.74 Å². The minimum atomic E-state index is 0.503. The van der Waals surface area contributed by atoms with Crippen LogP contribution in [0, 0.1) is 0 Å². The Hall–Kier alpha value is -0.860. The molecule has 0 heterocycles. The molecule has 1 aliphatic carbocycles. The third kappa shape index (κ3) is 3.05. The van der Waals surface area contributed by atoms with Gasteiger partial charge in [0.25, 0.3) is 0 Å². The van der Waals surface area contributed by atoms with Gasteiger partial charge in [-0.1, -0.05) is 30.3 Å². The molecule has 2 rings (SSSR count). The Labute approximate surface area is 91.6 Å². The molecule has 0 aliphatic heterocycles. The highest BCUT2D eigenvalue weighted by atomic mass is 16.5. The number of nitrogens with one attached hydrogen (secondary N) is 1. The minimum Gasteiger partial charge on any atom is -0.378 e. The van der Waals surface area contributed by atoms with Crippen molar-refractivity contribution in [2.24, 2.45) is 0 Å². The van der Waals surface area contributed by atoms with E-state index in [-0.39, 0.29) is 0 Å². The van der Waals surface area contributed by atoms with Gasteiger partial charge in [0, 0.05) is 19.2 Å². The van der Waals surface area contributed by atoms with Crippen LogP contribution in [0.5, 0.6) is 0 Å². The quantitative estimate of drug-likeness (QED) is 0.796. The molecule has 2 heteroatoms. The molecule has 0 aromatic heterocycles. The van der Waals surface area contributed by atoms with Gasteiger partial charge in [-0.05, 0) is 25.3 Å². The number of rotatable bonds is 5. The molecule has 1 aromatic rings. The van der Waals surface area contributed by atoms with Crippen LogP contribution in [-0.4, -0.2) is 18.8 Å². The molecule has 0 atom stereocenters. The van der Waals surface area contributed by atoms with E-state index in [1.54, 1.807) is 0 Å². The molecule has 1 aromatic carbocycles. The van der Waals surface area contributed by atoms with Gasteiger partial charge in [0.15, 0.2) is 0 Å². The Kier molecular flexibility index (Phi) is 3.75. The van der Waals surface area contributed by atoms with Gasteiger partial charge in [0.05, 0.1) is 6.10 Å². The highest BCUT2D eigenvalue weighted by Gasteiger charge is 2.28. The summed E-state index contributed by atoms with van der Waals surface area (Å²) < 4.78 is 5.52. The maximum absolute atomic E-state index is 5.52. The minimum absolute atomic E-state index is 0.503. The van der Waals surface area contributed by atoms with Crippen molar-refractivity contribution in [3.8, 4) is 0 Å². The molecule has 15 heavy (non-hydrogen) atoms. The molecule has 1 fully saturated rings. The largest absolute Gasteiger partial charge is 0.378 e. The fourth-order valence-electron chi connectivity index (χ4n) is 1.96. The number of benzene rings is 1. The van der Waals surface area contributed by atoms with Crippen molar-refractivity contribution < 1.29 is 4.74 Å². The highest BCUT2D eigenvalue weighted by Crippen LogP contribution is 2.23. The van der Waals surface area contributed by atoms with Crippen LogP contribution in [0.4, 0.5) is 0 Å². The lowest BCUT2D eigenvalue weighted by Crippen LogP contribution is -2.45. The lowest BCUT2D eigenvalue weighted by molar-refractivity contribution is -0.0102. The van der Waals surface area contributed by atoms with Gasteiger partial charge in [-0.15, -0.1) is 0 Å². The molecule has 0 radical (unpaired) electrons. The average Bonchev–Trinajstić information content (AvgIpc) is 2.23. The van der Waals surface area contributed by atoms with Crippen molar-refractivity contribution >= 4 is 0 Å². The molecule has 0 unspecified atom stereocenters. The molecule has 0 amide bonds. The van der Waals surface area contributed by atoms with Gasteiger partial charge in [-0.25, -0.2) is 0 Å². The first kappa shape index (κ1) is 10.7. The van der Waals surface area contributed by atoms with E-state index in [9.17, 15) is 0 Å². The third-order valence-electron chi connectivity index (χ3n) is 2.93. The van der Waals surface area contributed by atoms with Gasteiger partial charge in [-0.3, -0.25) is 0 Å². The summed E-state index contributed by atoms with van der Waals surface area (Å²) in [4.78, 5) is 0. The predicted molar refractivity (Wildman–Crippen MR) is 61.7 cm³/mol. The summed E-state index contributed by atoms with van der Waals surface area (Å²) >= 11 is 0. The first-order chi connectivity index (χ1) is 7.38. The van der Waals surface area contributed by atoms with Gasteiger partial charge in [-0.2, -0.15) is 0 Å². The Morgan fingerprint density at radius 1 is 1.27 bits per heavy atom. The van der Waals surface area contributed by atoms with Gasteiger partial charge in [0.1, 0.15) is 0 Å². The first-order valence-corrected chi connectivity index (χ1v) is 5.77. The Morgan fingerprint density at radius 3 is 2.67 bits per heavy atom. The van der Waals surface area contributed by atoms with Crippen LogP contribution in [0.2, 0.25) is 0 Å². The predicted octanol–water partition coefficient (Wildman–Crippen LogP) is 2.34. The van der Waals surface area contributed by atoms with Gasteiger partial charge in [0.2, 0.25) is 0 Å². The molecular weight excluding hydrogens is 186 g/mol. The lowest BCUT2D eigenvalue weighted by Gasteiger charge is -2.35. The summed E-state index contributed by atoms with van der Waals surface area (Å²) in [6.45, 7) is 3.88. The second kappa shape index (κ2) is 5.29. The average molecular weight is 205 g/mol. The maximum atomic E-state index is 5.52. The van der Waals surface area contributed by atoms with E-state index in [2.05, 4.69) is 42.6 Å². The van der Waals surface area contributed by atoms with Crippen molar-refractivity contribution in [3.63, 3.8) is 0 Å². The third-order valence-corrected chi connectivity index (χ3v) is 2.93. The van der Waals surface area contributed by atoms with E-state index in [1.165, 1.54) is 18.4 Å². The molecular formula is C13H19NO. The second-order valence-corrected chi connectivity index (χ2v) is 4.11. The van der Waals surface area contributed by atoms with Crippen LogP contribution in [-0.2, 0) is 11.3 Å². The zero-order valence-corrected chi connectivity index (χ0v) is 9.28. The zero-order chi connectivity index (χ0) is 10.5. The summed E-state index contributed by atoms with van der Waals surface area (Å²) in [7, 11) is 0. The van der Waals surface area contributed by atoms with E-state index < -0.39 is 0 Å². The molecule has 2 nitrogen and oxygen atoms in total. The van der Waals surface area contributed by atoms with Crippen LogP contribution in [0.1, 0.15) is 25.3 Å². The molecule has 0 spiro atoms. The Balaban J connectivity index is 1.64. The van der Waals surface area contributed by atoms with E-state index in [1.807, 2.05) is 0 Å². The van der Waals surface area contributed by atoms with Crippen LogP contribution in [0.3, 0.4) is 0 Å². The van der Waals surface area contributed by atoms with Crippen LogP contribution >= 0.6 is 0 Å². The molecule has 0 bridgehead atoms. The lowest BCUT2D eigenvalue weighted by atomic mass is 9.89. The standard InChI is InChI=1S/C13H19NO/c1-2-15-13-8-12(9-13)14-10-11-6-4-3-5-7-11/h3-7,12-14H,2,8-10H2,1H3. The second-order valence-electron chi connectivity index (χ2n) is 4.11. The summed E-state index contributed by atoms with van der Waals surface area (Å²) in [5.41, 5.74) is 1.36. The Bertz CT molecular complexity index is 280. The van der Waals surface area contributed by atoms with E-state index in [0.717, 1.165) is 13.2 Å². The molecule has 1 N–H and O–H groups in total. The SMILES string of the molecule is CCOC1CC(NCc2ccccc2)C1. The fourth-order valence-corrected chi connectivity index (χ4v) is 1.96.